The van der Waals surface area contributed by atoms with Crippen LogP contribution in [-0.4, -0.2) is 33.0 Å². The summed E-state index contributed by atoms with van der Waals surface area (Å²) in [6, 6.07) is 5.54. The second-order valence-electron chi connectivity index (χ2n) is 5.62. The molecule has 2 N–H and O–H groups in total. The normalized spacial score (nSPS) is 11.5. The van der Waals surface area contributed by atoms with Crippen LogP contribution in [0.1, 0.15) is 12.5 Å². The van der Waals surface area contributed by atoms with Gasteiger partial charge in [0.15, 0.2) is 0 Å². The van der Waals surface area contributed by atoms with Crippen molar-refractivity contribution >= 4 is 23.4 Å². The highest BCUT2D eigenvalue weighted by Crippen LogP contribution is 2.19. The molecule has 2 amide bonds. The van der Waals surface area contributed by atoms with Crippen LogP contribution in [0.5, 0.6) is 0 Å². The lowest BCUT2D eigenvalue weighted by Gasteiger charge is -2.27. The Balaban J connectivity index is 2.23. The Morgan fingerprint density at radius 1 is 1.22 bits per heavy atom. The first-order chi connectivity index (χ1) is 12.7. The Morgan fingerprint density at radius 2 is 1.85 bits per heavy atom. The molecular weight excluding hydrogens is 364 g/mol. The van der Waals surface area contributed by atoms with Gasteiger partial charge in [-0.25, -0.2) is 18.4 Å². The third-order valence-corrected chi connectivity index (χ3v) is 3.76. The number of aliphatic carboxylic acids is 1. The van der Waals surface area contributed by atoms with Crippen molar-refractivity contribution in [2.75, 3.05) is 5.32 Å². The number of carbonyl (C=O) groups is 2. The molecule has 0 saturated heterocycles. The van der Waals surface area contributed by atoms with Crippen LogP contribution >= 0.6 is 0 Å². The van der Waals surface area contributed by atoms with Crippen LogP contribution < -0.4 is 5.32 Å². The molecule has 0 aromatic heterocycles. The number of carboxylic acid groups (broad SMARTS) is 1. The molecule has 2 rings (SSSR count). The maximum Gasteiger partial charge on any atom is 0.326 e. The van der Waals surface area contributed by atoms with Crippen LogP contribution in [0.3, 0.4) is 0 Å². The molecule has 2 aromatic carbocycles. The van der Waals surface area contributed by atoms with Gasteiger partial charge in [0.2, 0.25) is 0 Å². The average Bonchev–Trinajstić information content (AvgIpc) is 2.61. The second kappa shape index (κ2) is 8.21. The van der Waals surface area contributed by atoms with Crippen molar-refractivity contribution in [1.29, 1.82) is 0 Å². The zero-order valence-electron chi connectivity index (χ0n) is 14.1. The third-order valence-electron chi connectivity index (χ3n) is 3.76. The fraction of sp³-hybridized carbons (Fsp3) is 0.176. The number of halogens is 2. The van der Waals surface area contributed by atoms with Crippen molar-refractivity contribution < 1.29 is 28.4 Å². The number of hydrogen-bond donors (Lipinski definition) is 2. The number of carboxylic acids is 1. The van der Waals surface area contributed by atoms with Gasteiger partial charge in [0.1, 0.15) is 17.7 Å². The quantitative estimate of drug-likeness (QED) is 0.590. The fourth-order valence-electron chi connectivity index (χ4n) is 2.22. The van der Waals surface area contributed by atoms with E-state index in [4.69, 9.17) is 0 Å². The Hall–Kier alpha value is -3.56. The second-order valence-corrected chi connectivity index (χ2v) is 5.62. The Labute approximate surface area is 152 Å². The van der Waals surface area contributed by atoms with Crippen molar-refractivity contribution in [3.63, 3.8) is 0 Å². The molecule has 0 spiro atoms. The molecule has 8 nitrogen and oxygen atoms in total. The highest BCUT2D eigenvalue weighted by Gasteiger charge is 2.26. The highest BCUT2D eigenvalue weighted by atomic mass is 19.1. The van der Waals surface area contributed by atoms with E-state index in [2.05, 4.69) is 5.32 Å². The van der Waals surface area contributed by atoms with Gasteiger partial charge >= 0.3 is 12.0 Å². The number of amides is 2. The summed E-state index contributed by atoms with van der Waals surface area (Å²) < 4.78 is 26.7. The van der Waals surface area contributed by atoms with E-state index < -0.39 is 34.6 Å². The molecule has 0 aliphatic rings. The predicted octanol–water partition coefficient (Wildman–Crippen LogP) is 3.38. The number of rotatable bonds is 6. The van der Waals surface area contributed by atoms with Gasteiger partial charge < -0.3 is 15.3 Å². The minimum atomic E-state index is -1.30. The van der Waals surface area contributed by atoms with Gasteiger partial charge in [-0.2, -0.15) is 0 Å². The topological polar surface area (TPSA) is 113 Å². The minimum absolute atomic E-state index is 0.158. The molecule has 0 radical (unpaired) electrons. The Kier molecular flexibility index (Phi) is 6.01. The van der Waals surface area contributed by atoms with E-state index in [0.717, 1.165) is 17.0 Å². The number of nitro benzene ring substituents is 1. The number of hydrogen-bond acceptors (Lipinski definition) is 4. The van der Waals surface area contributed by atoms with E-state index in [0.29, 0.717) is 11.6 Å². The lowest BCUT2D eigenvalue weighted by molar-refractivity contribution is -0.384. The molecule has 10 heteroatoms. The molecule has 2 aromatic rings. The van der Waals surface area contributed by atoms with Gasteiger partial charge in [-0.3, -0.25) is 10.1 Å². The number of carbonyl (C=O) groups excluding carboxylic acids is 1. The van der Waals surface area contributed by atoms with Crippen molar-refractivity contribution in [1.82, 2.24) is 4.90 Å². The van der Waals surface area contributed by atoms with Gasteiger partial charge in [0.25, 0.3) is 5.69 Å². The number of benzene rings is 2. The first-order valence-electron chi connectivity index (χ1n) is 7.68. The van der Waals surface area contributed by atoms with E-state index in [1.165, 1.54) is 31.2 Å². The predicted molar refractivity (Wildman–Crippen MR) is 91.1 cm³/mol. The molecule has 0 unspecified atom stereocenters. The fourth-order valence-corrected chi connectivity index (χ4v) is 2.22. The number of non-ortho nitro benzene ring substituents is 1. The van der Waals surface area contributed by atoms with Gasteiger partial charge in [0, 0.05) is 24.7 Å². The first-order valence-corrected chi connectivity index (χ1v) is 7.68. The number of anilines is 1. The summed E-state index contributed by atoms with van der Waals surface area (Å²) in [6.45, 7) is 1.06. The number of nitrogens with zero attached hydrogens (tertiary/aromatic N) is 2. The summed E-state index contributed by atoms with van der Waals surface area (Å²) >= 11 is 0. The van der Waals surface area contributed by atoms with Gasteiger partial charge in [-0.05, 0) is 24.6 Å². The summed E-state index contributed by atoms with van der Waals surface area (Å²) in [5.41, 5.74) is -0.0365. The first kappa shape index (κ1) is 19.8. The molecule has 0 aliphatic carbocycles. The monoisotopic (exact) mass is 379 g/mol. The smallest absolute Gasteiger partial charge is 0.326 e. The van der Waals surface area contributed by atoms with E-state index in [1.807, 2.05) is 0 Å². The zero-order valence-corrected chi connectivity index (χ0v) is 14.1. The Bertz CT molecular complexity index is 873. The van der Waals surface area contributed by atoms with E-state index in [-0.39, 0.29) is 17.9 Å². The highest BCUT2D eigenvalue weighted by molar-refractivity contribution is 5.92. The van der Waals surface area contributed by atoms with Crippen LogP contribution in [0.15, 0.2) is 42.5 Å². The van der Waals surface area contributed by atoms with Crippen molar-refractivity contribution in [2.24, 2.45) is 0 Å². The summed E-state index contributed by atoms with van der Waals surface area (Å²) in [4.78, 5) is 34.8. The van der Waals surface area contributed by atoms with E-state index in [1.54, 1.807) is 0 Å². The molecule has 0 fully saturated rings. The maximum absolute atomic E-state index is 13.7. The van der Waals surface area contributed by atoms with Crippen LogP contribution in [0.25, 0.3) is 0 Å². The molecule has 27 heavy (non-hydrogen) atoms. The standard InChI is InChI=1S/C17H15F2N3O5/c1-10(16(23)24)21(9-11-2-5-13(6-3-11)22(26)27)17(25)20-15-7-4-12(18)8-14(15)19/h2-8,10H,9H2,1H3,(H,20,25)(H,23,24)/t10-/m0/s1. The molecular formula is C17H15F2N3O5. The van der Waals surface area contributed by atoms with E-state index in [9.17, 15) is 33.6 Å². The van der Waals surface area contributed by atoms with Crippen molar-refractivity contribution in [3.8, 4) is 0 Å². The molecule has 0 bridgehead atoms. The molecule has 0 saturated carbocycles. The Morgan fingerprint density at radius 3 is 2.37 bits per heavy atom. The number of nitro groups is 1. The molecule has 142 valence electrons. The van der Waals surface area contributed by atoms with E-state index >= 15 is 0 Å². The minimum Gasteiger partial charge on any atom is -0.480 e. The van der Waals surface area contributed by atoms with Crippen LogP contribution in [-0.2, 0) is 11.3 Å². The summed E-state index contributed by atoms with van der Waals surface area (Å²) in [7, 11) is 0. The van der Waals surface area contributed by atoms with Crippen LogP contribution in [0.2, 0.25) is 0 Å². The SMILES string of the molecule is C[C@@H](C(=O)O)N(Cc1ccc([N+](=O)[O-])cc1)C(=O)Nc1ccc(F)cc1F. The van der Waals surface area contributed by atoms with Gasteiger partial charge in [0.05, 0.1) is 10.6 Å². The summed E-state index contributed by atoms with van der Waals surface area (Å²) in [5.74, 6) is -3.14. The van der Waals surface area contributed by atoms with Crippen LogP contribution in [0.4, 0.5) is 25.0 Å². The third kappa shape index (κ3) is 4.97. The van der Waals surface area contributed by atoms with Gasteiger partial charge in [-0.1, -0.05) is 12.1 Å². The lowest BCUT2D eigenvalue weighted by atomic mass is 10.1. The van der Waals surface area contributed by atoms with Crippen LogP contribution in [0, 0.1) is 21.7 Å². The molecule has 1 atom stereocenters. The summed E-state index contributed by atoms with van der Waals surface area (Å²) in [5, 5.41) is 22.1. The molecule has 0 heterocycles. The largest absolute Gasteiger partial charge is 0.480 e. The average molecular weight is 379 g/mol. The van der Waals surface area contributed by atoms with Gasteiger partial charge in [-0.15, -0.1) is 0 Å². The zero-order chi connectivity index (χ0) is 20.1. The van der Waals surface area contributed by atoms with Crippen molar-refractivity contribution in [2.45, 2.75) is 19.5 Å². The number of urea groups is 1. The summed E-state index contributed by atoms with van der Waals surface area (Å²) in [6.07, 6.45) is 0. The number of nitrogens with one attached hydrogen (secondary N) is 1. The molecule has 0 aliphatic heterocycles. The van der Waals surface area contributed by atoms with Crippen molar-refractivity contribution in [3.05, 3.63) is 69.8 Å². The maximum atomic E-state index is 13.7. The lowest BCUT2D eigenvalue weighted by Crippen LogP contribution is -2.45.